The molecule has 74 valence electrons. The summed E-state index contributed by atoms with van der Waals surface area (Å²) in [6.07, 6.45) is 8.61. The molecular weight excluding hydrogens is 208 g/mol. The first-order chi connectivity index (χ1) is 5.56. The predicted molar refractivity (Wildman–Crippen MR) is 64.5 cm³/mol. The van der Waals surface area contributed by atoms with Gasteiger partial charge in [0.05, 0.1) is 0 Å². The van der Waals surface area contributed by atoms with Crippen LogP contribution in [0, 0.1) is 0 Å². The van der Waals surface area contributed by atoms with Crippen LogP contribution >= 0.6 is 36.9 Å². The van der Waals surface area contributed by atoms with E-state index in [-0.39, 0.29) is 0 Å². The van der Waals surface area contributed by atoms with Crippen molar-refractivity contribution in [3.8, 4) is 0 Å². The Balaban J connectivity index is 3.01. The third-order valence-corrected chi connectivity index (χ3v) is 2.48. The molecule has 0 nitrogen and oxygen atoms in total. The number of rotatable bonds is 7. The van der Waals surface area contributed by atoms with E-state index in [1.807, 2.05) is 0 Å². The standard InChI is InChI=1S/C9H19ClS2/c1-2-3-4-5-6-7-8-9(10,11)12/h11-12H,2-8H2,1H3. The summed E-state index contributed by atoms with van der Waals surface area (Å²) in [5, 5.41) is 0. The Kier molecular flexibility index (Phi) is 8.01. The van der Waals surface area contributed by atoms with Gasteiger partial charge in [-0.15, -0.1) is 25.3 Å². The fourth-order valence-corrected chi connectivity index (χ4v) is 1.58. The summed E-state index contributed by atoms with van der Waals surface area (Å²) in [7, 11) is 0. The summed E-state index contributed by atoms with van der Waals surface area (Å²) >= 11 is 14.1. The van der Waals surface area contributed by atoms with Crippen molar-refractivity contribution in [1.82, 2.24) is 0 Å². The maximum Gasteiger partial charge on any atom is 0.129 e. The average molecular weight is 227 g/mol. The van der Waals surface area contributed by atoms with Crippen LogP contribution in [-0.4, -0.2) is 3.54 Å². The van der Waals surface area contributed by atoms with Gasteiger partial charge in [-0.3, -0.25) is 0 Å². The largest absolute Gasteiger partial charge is 0.146 e. The zero-order chi connectivity index (χ0) is 9.45. The van der Waals surface area contributed by atoms with Crippen molar-refractivity contribution >= 4 is 36.9 Å². The lowest BCUT2D eigenvalue weighted by atomic mass is 10.1. The molecule has 0 rings (SSSR count). The lowest BCUT2D eigenvalue weighted by molar-refractivity contribution is 0.596. The fourth-order valence-electron chi connectivity index (χ4n) is 1.13. The Morgan fingerprint density at radius 2 is 1.50 bits per heavy atom. The van der Waals surface area contributed by atoms with Gasteiger partial charge in [-0.1, -0.05) is 50.6 Å². The van der Waals surface area contributed by atoms with E-state index in [0.717, 1.165) is 12.8 Å². The van der Waals surface area contributed by atoms with E-state index >= 15 is 0 Å². The van der Waals surface area contributed by atoms with Crippen LogP contribution < -0.4 is 0 Å². The second kappa shape index (κ2) is 7.40. The number of halogens is 1. The summed E-state index contributed by atoms with van der Waals surface area (Å²) in [6, 6.07) is 0. The highest BCUT2D eigenvalue weighted by molar-refractivity contribution is 8.02. The van der Waals surface area contributed by atoms with Crippen molar-refractivity contribution in [2.75, 3.05) is 0 Å². The van der Waals surface area contributed by atoms with Gasteiger partial charge >= 0.3 is 0 Å². The molecule has 0 aliphatic rings. The number of thiol groups is 2. The van der Waals surface area contributed by atoms with Crippen LogP contribution in [0.15, 0.2) is 0 Å². The normalized spacial score (nSPS) is 12.0. The number of hydrogen-bond acceptors (Lipinski definition) is 2. The topological polar surface area (TPSA) is 0 Å². The van der Waals surface area contributed by atoms with E-state index in [1.54, 1.807) is 0 Å². The molecule has 3 heteroatoms. The lowest BCUT2D eigenvalue weighted by Crippen LogP contribution is -2.01. The van der Waals surface area contributed by atoms with Crippen LogP contribution in [0.2, 0.25) is 0 Å². The van der Waals surface area contributed by atoms with Crippen LogP contribution in [0.3, 0.4) is 0 Å². The van der Waals surface area contributed by atoms with Crippen LogP contribution in [0.4, 0.5) is 0 Å². The molecule has 0 atom stereocenters. The molecule has 0 unspecified atom stereocenters. The van der Waals surface area contributed by atoms with Crippen LogP contribution in [0.25, 0.3) is 0 Å². The molecule has 0 spiro atoms. The Bertz CT molecular complexity index is 99.2. The van der Waals surface area contributed by atoms with Gasteiger partial charge in [0, 0.05) is 0 Å². The molecule has 0 aromatic heterocycles. The van der Waals surface area contributed by atoms with Gasteiger partial charge in [0.2, 0.25) is 0 Å². The van der Waals surface area contributed by atoms with E-state index in [1.165, 1.54) is 32.1 Å². The summed E-state index contributed by atoms with van der Waals surface area (Å²) in [6.45, 7) is 2.23. The molecule has 0 aromatic rings. The second-order valence-electron chi connectivity index (χ2n) is 3.24. The minimum absolute atomic E-state index is 0.593. The summed E-state index contributed by atoms with van der Waals surface area (Å²) in [5.74, 6) is 0. The van der Waals surface area contributed by atoms with Crippen molar-refractivity contribution in [3.05, 3.63) is 0 Å². The molecule has 0 bridgehead atoms. The highest BCUT2D eigenvalue weighted by atomic mass is 35.5. The quantitative estimate of drug-likeness (QED) is 0.272. The van der Waals surface area contributed by atoms with Gasteiger partial charge in [0.1, 0.15) is 3.54 Å². The first-order valence-corrected chi connectivity index (χ1v) is 5.97. The minimum Gasteiger partial charge on any atom is -0.146 e. The van der Waals surface area contributed by atoms with Crippen LogP contribution in [0.1, 0.15) is 51.9 Å². The number of hydrogen-bond donors (Lipinski definition) is 2. The molecular formula is C9H19ClS2. The van der Waals surface area contributed by atoms with E-state index in [9.17, 15) is 0 Å². The Morgan fingerprint density at radius 1 is 1.00 bits per heavy atom. The monoisotopic (exact) mass is 226 g/mol. The second-order valence-corrected chi connectivity index (χ2v) is 6.29. The molecule has 0 heterocycles. The van der Waals surface area contributed by atoms with Gasteiger partial charge in [-0.05, 0) is 12.8 Å². The molecule has 12 heavy (non-hydrogen) atoms. The van der Waals surface area contributed by atoms with Crippen molar-refractivity contribution in [2.45, 2.75) is 55.4 Å². The zero-order valence-corrected chi connectivity index (χ0v) is 10.3. The highest BCUT2D eigenvalue weighted by Gasteiger charge is 2.13. The average Bonchev–Trinajstić information content (AvgIpc) is 1.94. The number of unbranched alkanes of at least 4 members (excludes halogenated alkanes) is 5. The van der Waals surface area contributed by atoms with Gasteiger partial charge < -0.3 is 0 Å². The maximum atomic E-state index is 5.80. The Labute approximate surface area is 92.3 Å². The van der Waals surface area contributed by atoms with Crippen molar-refractivity contribution in [2.24, 2.45) is 0 Å². The first kappa shape index (κ1) is 13.0. The molecule has 0 amide bonds. The third-order valence-electron chi connectivity index (χ3n) is 1.85. The molecule has 0 N–H and O–H groups in total. The van der Waals surface area contributed by atoms with Crippen molar-refractivity contribution < 1.29 is 0 Å². The van der Waals surface area contributed by atoms with Crippen LogP contribution in [0.5, 0.6) is 0 Å². The van der Waals surface area contributed by atoms with E-state index in [4.69, 9.17) is 11.6 Å². The first-order valence-electron chi connectivity index (χ1n) is 4.70. The molecule has 0 saturated heterocycles. The Morgan fingerprint density at radius 3 is 2.00 bits per heavy atom. The summed E-state index contributed by atoms with van der Waals surface area (Å²) < 4.78 is -0.593. The summed E-state index contributed by atoms with van der Waals surface area (Å²) in [5.41, 5.74) is 0. The molecule has 0 aliphatic carbocycles. The van der Waals surface area contributed by atoms with E-state index in [0.29, 0.717) is 0 Å². The lowest BCUT2D eigenvalue weighted by Gasteiger charge is -2.12. The molecule has 0 saturated carbocycles. The van der Waals surface area contributed by atoms with Crippen molar-refractivity contribution in [1.29, 1.82) is 0 Å². The molecule has 0 aromatic carbocycles. The van der Waals surface area contributed by atoms with E-state index < -0.39 is 3.54 Å². The Hall–Kier alpha value is 0.990. The molecule has 0 fully saturated rings. The maximum absolute atomic E-state index is 5.80. The third kappa shape index (κ3) is 11.0. The molecule has 0 radical (unpaired) electrons. The van der Waals surface area contributed by atoms with E-state index in [2.05, 4.69) is 32.2 Å². The number of alkyl halides is 1. The van der Waals surface area contributed by atoms with Gasteiger partial charge in [0.15, 0.2) is 0 Å². The smallest absolute Gasteiger partial charge is 0.129 e. The van der Waals surface area contributed by atoms with Gasteiger partial charge in [0.25, 0.3) is 0 Å². The highest BCUT2D eigenvalue weighted by Crippen LogP contribution is 2.31. The predicted octanol–water partition coefficient (Wildman–Crippen LogP) is 4.49. The fraction of sp³-hybridized carbons (Fsp3) is 1.00. The van der Waals surface area contributed by atoms with Gasteiger partial charge in [-0.25, -0.2) is 0 Å². The SMILES string of the molecule is CCCCCCCCC(S)(S)Cl. The zero-order valence-electron chi connectivity index (χ0n) is 7.72. The van der Waals surface area contributed by atoms with Crippen molar-refractivity contribution in [3.63, 3.8) is 0 Å². The van der Waals surface area contributed by atoms with Crippen LogP contribution in [-0.2, 0) is 0 Å². The minimum atomic E-state index is -0.593. The molecule has 0 aliphatic heterocycles. The summed E-state index contributed by atoms with van der Waals surface area (Å²) in [4.78, 5) is 0. The van der Waals surface area contributed by atoms with Gasteiger partial charge in [-0.2, -0.15) is 0 Å².